The number of aromatic amines is 1. The van der Waals surface area contributed by atoms with Gasteiger partial charge in [0.1, 0.15) is 11.1 Å². The van der Waals surface area contributed by atoms with E-state index in [2.05, 4.69) is 9.71 Å². The molecule has 29 heavy (non-hydrogen) atoms. The largest absolute Gasteiger partial charge is 0.280 e. The number of halogens is 3. The number of H-pyrrole nitrogens is 1. The summed E-state index contributed by atoms with van der Waals surface area (Å²) in [6.07, 6.45) is 6.83. The van der Waals surface area contributed by atoms with E-state index in [1.54, 1.807) is 12.2 Å². The van der Waals surface area contributed by atoms with Crippen LogP contribution >= 0.6 is 23.2 Å². The van der Waals surface area contributed by atoms with Gasteiger partial charge in [0.25, 0.3) is 10.0 Å². The fourth-order valence-corrected chi connectivity index (χ4v) is 5.43. The van der Waals surface area contributed by atoms with Gasteiger partial charge in [-0.15, -0.1) is 11.6 Å². The zero-order chi connectivity index (χ0) is 20.6. The SMILES string of the molecule is O=S(=O)(NC1=CCC(Cl)C(c2[nH+]ccc3ccccc23)=C1)C1=CCC(F)C=C1Cl. The molecule has 2 unspecified atom stereocenters. The van der Waals surface area contributed by atoms with E-state index in [0.29, 0.717) is 12.1 Å². The van der Waals surface area contributed by atoms with Crippen LogP contribution in [-0.2, 0) is 10.0 Å². The molecule has 1 heterocycles. The van der Waals surface area contributed by atoms with Gasteiger partial charge in [-0.3, -0.25) is 4.72 Å². The van der Waals surface area contributed by atoms with Gasteiger partial charge in [-0.05, 0) is 30.0 Å². The van der Waals surface area contributed by atoms with E-state index in [0.717, 1.165) is 28.1 Å². The van der Waals surface area contributed by atoms with Crippen molar-refractivity contribution in [1.29, 1.82) is 0 Å². The molecule has 0 bridgehead atoms. The van der Waals surface area contributed by atoms with Crippen LogP contribution in [0.15, 0.2) is 76.5 Å². The molecule has 0 fully saturated rings. The highest BCUT2D eigenvalue weighted by atomic mass is 35.5. The summed E-state index contributed by atoms with van der Waals surface area (Å²) in [5, 5.41) is 1.61. The Morgan fingerprint density at radius 2 is 1.93 bits per heavy atom. The average molecular weight is 452 g/mol. The monoisotopic (exact) mass is 451 g/mol. The summed E-state index contributed by atoms with van der Waals surface area (Å²) >= 11 is 12.5. The predicted molar refractivity (Wildman–Crippen MR) is 114 cm³/mol. The van der Waals surface area contributed by atoms with Crippen LogP contribution in [0.4, 0.5) is 4.39 Å². The summed E-state index contributed by atoms with van der Waals surface area (Å²) in [6, 6.07) is 9.84. The third-order valence-corrected chi connectivity index (χ3v) is 7.16. The molecule has 0 spiro atoms. The number of rotatable bonds is 4. The number of hydrogen-bond donors (Lipinski definition) is 1. The van der Waals surface area contributed by atoms with Gasteiger partial charge in [0.2, 0.25) is 5.69 Å². The molecule has 0 saturated heterocycles. The maximum Gasteiger partial charge on any atom is 0.263 e. The molecule has 2 atom stereocenters. The molecular formula is C21H18Cl2FN2O2S+. The molecule has 0 radical (unpaired) electrons. The molecule has 1 aromatic carbocycles. The van der Waals surface area contributed by atoms with Crippen LogP contribution in [-0.4, -0.2) is 20.0 Å². The molecule has 4 rings (SSSR count). The van der Waals surface area contributed by atoms with E-state index >= 15 is 0 Å². The number of allylic oxidation sites excluding steroid dienone is 6. The Bertz CT molecular complexity index is 1200. The quantitative estimate of drug-likeness (QED) is 0.690. The van der Waals surface area contributed by atoms with E-state index < -0.39 is 16.2 Å². The lowest BCUT2D eigenvalue weighted by Crippen LogP contribution is -2.27. The normalized spacial score (nSPS) is 22.4. The molecule has 2 aromatic rings. The first kappa shape index (κ1) is 20.1. The fourth-order valence-electron chi connectivity index (χ4n) is 3.45. The van der Waals surface area contributed by atoms with Gasteiger partial charge in [-0.1, -0.05) is 42.0 Å². The summed E-state index contributed by atoms with van der Waals surface area (Å²) in [6.45, 7) is 0. The van der Waals surface area contributed by atoms with Gasteiger partial charge in [-0.25, -0.2) is 17.8 Å². The van der Waals surface area contributed by atoms with Crippen molar-refractivity contribution in [3.63, 3.8) is 0 Å². The van der Waals surface area contributed by atoms with Crippen LogP contribution in [0.2, 0.25) is 0 Å². The number of aromatic nitrogens is 1. The number of nitrogens with one attached hydrogen (secondary N) is 2. The van der Waals surface area contributed by atoms with Crippen LogP contribution in [0.5, 0.6) is 0 Å². The highest BCUT2D eigenvalue weighted by Crippen LogP contribution is 2.33. The van der Waals surface area contributed by atoms with E-state index in [4.69, 9.17) is 23.2 Å². The Hall–Kier alpha value is -2.15. The van der Waals surface area contributed by atoms with Gasteiger partial charge >= 0.3 is 0 Å². The first-order chi connectivity index (χ1) is 13.8. The minimum absolute atomic E-state index is 0.0265. The maximum absolute atomic E-state index is 13.4. The summed E-state index contributed by atoms with van der Waals surface area (Å²) in [7, 11) is -3.94. The lowest BCUT2D eigenvalue weighted by Gasteiger charge is -2.20. The third kappa shape index (κ3) is 4.10. The highest BCUT2D eigenvalue weighted by molar-refractivity contribution is 7.93. The predicted octanol–water partition coefficient (Wildman–Crippen LogP) is 4.60. The maximum atomic E-state index is 13.4. The van der Waals surface area contributed by atoms with Crippen LogP contribution in [0.3, 0.4) is 0 Å². The fraction of sp³-hybridized carbons (Fsp3) is 0.190. The van der Waals surface area contributed by atoms with Crippen molar-refractivity contribution >= 4 is 49.6 Å². The minimum atomic E-state index is -3.94. The Morgan fingerprint density at radius 1 is 1.14 bits per heavy atom. The van der Waals surface area contributed by atoms with Gasteiger partial charge in [-0.2, -0.15) is 0 Å². The first-order valence-corrected chi connectivity index (χ1v) is 11.4. The Labute approximate surface area is 178 Å². The number of alkyl halides is 2. The molecule has 0 amide bonds. The molecule has 8 heteroatoms. The summed E-state index contributed by atoms with van der Waals surface area (Å²) < 4.78 is 41.5. The van der Waals surface area contributed by atoms with Crippen molar-refractivity contribution < 1.29 is 17.8 Å². The summed E-state index contributed by atoms with van der Waals surface area (Å²) in [5.41, 5.74) is 2.01. The Balaban J connectivity index is 1.68. The van der Waals surface area contributed by atoms with E-state index in [1.165, 1.54) is 6.08 Å². The second-order valence-corrected chi connectivity index (χ2v) is 9.43. The summed E-state index contributed by atoms with van der Waals surface area (Å²) in [4.78, 5) is 3.11. The standard InChI is InChI=1S/C21H17Cl2FN2O2S/c22-18-7-6-15(26-29(27,28)20-8-5-14(24)11-19(20)23)12-17(18)21-16-4-2-1-3-13(16)9-10-25-21/h1-4,6,8-12,14,18,26H,5,7H2/p+1. The minimum Gasteiger partial charge on any atom is -0.280 e. The lowest BCUT2D eigenvalue weighted by atomic mass is 9.96. The topological polar surface area (TPSA) is 60.3 Å². The van der Waals surface area contributed by atoms with Crippen molar-refractivity contribution in [3.8, 4) is 0 Å². The molecule has 1 aromatic heterocycles. The van der Waals surface area contributed by atoms with Crippen LogP contribution in [0.1, 0.15) is 18.5 Å². The molecular weight excluding hydrogens is 434 g/mol. The zero-order valence-electron chi connectivity index (χ0n) is 15.2. The molecule has 2 aliphatic carbocycles. The van der Waals surface area contributed by atoms with Crippen LogP contribution in [0.25, 0.3) is 16.3 Å². The molecule has 2 N–H and O–H groups in total. The van der Waals surface area contributed by atoms with E-state index in [1.807, 2.05) is 36.5 Å². The molecule has 0 aliphatic heterocycles. The van der Waals surface area contributed by atoms with Gasteiger partial charge in [0, 0.05) is 23.8 Å². The Morgan fingerprint density at radius 3 is 2.72 bits per heavy atom. The molecule has 150 valence electrons. The third-order valence-electron chi connectivity index (χ3n) is 4.84. The molecule has 4 nitrogen and oxygen atoms in total. The van der Waals surface area contributed by atoms with Gasteiger partial charge in [0.05, 0.1) is 15.8 Å². The van der Waals surface area contributed by atoms with Crippen molar-refractivity contribution in [3.05, 3.63) is 82.2 Å². The average Bonchev–Trinajstić information content (AvgIpc) is 2.68. The van der Waals surface area contributed by atoms with Crippen LogP contribution < -0.4 is 9.71 Å². The van der Waals surface area contributed by atoms with E-state index in [9.17, 15) is 12.8 Å². The first-order valence-electron chi connectivity index (χ1n) is 9.05. The number of fused-ring (bicyclic) bond motifs is 1. The smallest absolute Gasteiger partial charge is 0.263 e. The van der Waals surface area contributed by atoms with Crippen molar-refractivity contribution in [2.45, 2.75) is 24.4 Å². The van der Waals surface area contributed by atoms with Crippen molar-refractivity contribution in [2.24, 2.45) is 0 Å². The molecule has 0 saturated carbocycles. The number of pyridine rings is 1. The van der Waals surface area contributed by atoms with Crippen LogP contribution in [0, 0.1) is 0 Å². The highest BCUT2D eigenvalue weighted by Gasteiger charge is 2.28. The number of hydrogen-bond acceptors (Lipinski definition) is 2. The van der Waals surface area contributed by atoms with Crippen molar-refractivity contribution in [2.75, 3.05) is 0 Å². The van der Waals surface area contributed by atoms with E-state index in [-0.39, 0.29) is 21.7 Å². The number of benzene rings is 1. The number of sulfonamides is 1. The second-order valence-electron chi connectivity index (χ2n) is 6.84. The van der Waals surface area contributed by atoms with Gasteiger partial charge < -0.3 is 0 Å². The Kier molecular flexibility index (Phi) is 5.51. The van der Waals surface area contributed by atoms with Crippen molar-refractivity contribution in [1.82, 2.24) is 4.72 Å². The molecule has 2 aliphatic rings. The zero-order valence-corrected chi connectivity index (χ0v) is 17.5. The lowest BCUT2D eigenvalue weighted by molar-refractivity contribution is -0.379. The summed E-state index contributed by atoms with van der Waals surface area (Å²) in [5.74, 6) is 0. The second kappa shape index (κ2) is 7.94. The van der Waals surface area contributed by atoms with Gasteiger partial charge in [0.15, 0.2) is 6.20 Å².